The smallest absolute Gasteiger partial charge is 0.251 e. The Labute approximate surface area is 171 Å². The van der Waals surface area contributed by atoms with Crippen LogP contribution in [0.1, 0.15) is 13.3 Å². The van der Waals surface area contributed by atoms with Crippen molar-refractivity contribution in [3.05, 3.63) is 78.9 Å². The summed E-state index contributed by atoms with van der Waals surface area (Å²) in [6.45, 7) is 1.68. The van der Waals surface area contributed by atoms with Crippen molar-refractivity contribution < 1.29 is 13.8 Å². The molecule has 5 nitrogen and oxygen atoms in total. The highest BCUT2D eigenvalue weighted by Crippen LogP contribution is 2.33. The third-order valence-electron chi connectivity index (χ3n) is 4.89. The minimum Gasteiger partial charge on any atom is -0.273 e. The Morgan fingerprint density at radius 1 is 0.862 bits per heavy atom. The second kappa shape index (κ2) is 8.01. The van der Waals surface area contributed by atoms with Crippen LogP contribution >= 0.6 is 0 Å². The fraction of sp³-hybridized carbons (Fsp3) is 0.130. The molecule has 0 bridgehead atoms. The number of benzene rings is 3. The van der Waals surface area contributed by atoms with Gasteiger partial charge in [-0.15, -0.1) is 0 Å². The lowest BCUT2D eigenvalue weighted by Crippen LogP contribution is -2.44. The van der Waals surface area contributed by atoms with Gasteiger partial charge in [0.1, 0.15) is 11.8 Å². The van der Waals surface area contributed by atoms with E-state index in [-0.39, 0.29) is 18.2 Å². The Morgan fingerprint density at radius 3 is 2.07 bits per heavy atom. The Morgan fingerprint density at radius 2 is 1.48 bits per heavy atom. The summed E-state index contributed by atoms with van der Waals surface area (Å²) in [4.78, 5) is 24.2. The van der Waals surface area contributed by atoms with Gasteiger partial charge in [0.25, 0.3) is 5.91 Å². The summed E-state index contributed by atoms with van der Waals surface area (Å²) in [6, 6.07) is 25.5. The molecule has 3 aromatic carbocycles. The van der Waals surface area contributed by atoms with Crippen LogP contribution < -0.4 is 5.43 Å². The molecule has 2 amide bonds. The Bertz CT molecular complexity index is 1080. The predicted octanol–water partition coefficient (Wildman–Crippen LogP) is 3.74. The first kappa shape index (κ1) is 19.1. The summed E-state index contributed by atoms with van der Waals surface area (Å²) >= 11 is 0. The van der Waals surface area contributed by atoms with Gasteiger partial charge in [-0.05, 0) is 41.3 Å². The maximum absolute atomic E-state index is 13.4. The van der Waals surface area contributed by atoms with E-state index in [9.17, 15) is 13.8 Å². The zero-order valence-corrected chi connectivity index (χ0v) is 16.7. The number of hydrogen-bond donors (Lipinski definition) is 1. The summed E-state index contributed by atoms with van der Waals surface area (Å²) < 4.78 is 13.4. The van der Waals surface area contributed by atoms with E-state index in [2.05, 4.69) is 5.43 Å². The minimum absolute atomic E-state index is 0.208. The number of carbonyl (C=O) groups excluding carboxylic acids is 2. The van der Waals surface area contributed by atoms with E-state index < -0.39 is 16.2 Å². The van der Waals surface area contributed by atoms with Gasteiger partial charge in [-0.2, -0.15) is 0 Å². The first-order chi connectivity index (χ1) is 14.0. The molecule has 0 saturated carbocycles. The molecule has 0 aromatic heterocycles. The van der Waals surface area contributed by atoms with Crippen LogP contribution in [0.4, 0.5) is 0 Å². The molecule has 6 heteroatoms. The van der Waals surface area contributed by atoms with Gasteiger partial charge in [-0.3, -0.25) is 19.2 Å². The van der Waals surface area contributed by atoms with Crippen LogP contribution in [0.25, 0.3) is 22.3 Å². The van der Waals surface area contributed by atoms with Crippen LogP contribution in [0.3, 0.4) is 0 Å². The highest BCUT2D eigenvalue weighted by molar-refractivity contribution is 7.85. The van der Waals surface area contributed by atoms with Crippen molar-refractivity contribution >= 4 is 22.6 Å². The normalized spacial score (nSPS) is 15.8. The average molecular weight is 404 g/mol. The maximum atomic E-state index is 13.4. The monoisotopic (exact) mass is 404 g/mol. The molecule has 3 aromatic rings. The summed E-state index contributed by atoms with van der Waals surface area (Å²) in [5, 5.41) is 0.497. The van der Waals surface area contributed by atoms with E-state index in [0.29, 0.717) is 4.90 Å². The molecule has 0 spiro atoms. The van der Waals surface area contributed by atoms with Crippen molar-refractivity contribution in [1.29, 1.82) is 0 Å². The van der Waals surface area contributed by atoms with Crippen molar-refractivity contribution in [2.75, 3.05) is 0 Å². The van der Waals surface area contributed by atoms with Gasteiger partial charge in [0.05, 0.1) is 10.8 Å². The number of nitrogens with zero attached hydrogens (tertiary/aromatic N) is 1. The molecule has 146 valence electrons. The Hall–Kier alpha value is -3.25. The van der Waals surface area contributed by atoms with Crippen molar-refractivity contribution in [3.8, 4) is 22.3 Å². The maximum Gasteiger partial charge on any atom is 0.251 e. The number of nitrogens with one attached hydrogen (secondary N) is 1. The second-order valence-electron chi connectivity index (χ2n) is 6.82. The van der Waals surface area contributed by atoms with E-state index in [1.54, 1.807) is 6.92 Å². The van der Waals surface area contributed by atoms with Crippen LogP contribution in [0.2, 0.25) is 0 Å². The zero-order valence-electron chi connectivity index (χ0n) is 15.9. The van der Waals surface area contributed by atoms with Crippen molar-refractivity contribution in [3.63, 3.8) is 0 Å². The molecule has 1 N–H and O–H groups in total. The Balaban J connectivity index is 1.77. The topological polar surface area (TPSA) is 66.5 Å². The van der Waals surface area contributed by atoms with E-state index in [0.717, 1.165) is 22.3 Å². The van der Waals surface area contributed by atoms with Gasteiger partial charge >= 0.3 is 0 Å². The lowest BCUT2D eigenvalue weighted by Gasteiger charge is -2.24. The third kappa shape index (κ3) is 3.84. The molecule has 2 atom stereocenters. The highest BCUT2D eigenvalue weighted by atomic mass is 32.2. The van der Waals surface area contributed by atoms with E-state index in [1.165, 1.54) is 5.01 Å². The molecule has 1 fully saturated rings. The molecule has 1 aliphatic heterocycles. The second-order valence-corrected chi connectivity index (χ2v) is 8.53. The lowest BCUT2D eigenvalue weighted by molar-refractivity contribution is -0.130. The first-order valence-electron chi connectivity index (χ1n) is 9.31. The molecular formula is C23H20N2O3S. The average Bonchev–Trinajstić information content (AvgIpc) is 3.11. The molecule has 0 radical (unpaired) electrons. The molecule has 1 heterocycles. The van der Waals surface area contributed by atoms with E-state index in [4.69, 9.17) is 0 Å². The van der Waals surface area contributed by atoms with Crippen LogP contribution in [-0.2, 0) is 20.4 Å². The van der Waals surface area contributed by atoms with Gasteiger partial charge in [0.15, 0.2) is 0 Å². The third-order valence-corrected chi connectivity index (χ3v) is 6.51. The standard InChI is InChI=1S/C23H20N2O3S/c1-16(25-23(27)15-22(26)24-25)29(28)21-13-12-19(17-8-4-2-5-9-17)14-20(21)18-10-6-3-7-11-18/h2-14,16H,15H2,1H3,(H,24,26). The Kier molecular flexibility index (Phi) is 5.27. The summed E-state index contributed by atoms with van der Waals surface area (Å²) in [5.41, 5.74) is 6.37. The molecular weight excluding hydrogens is 384 g/mol. The zero-order chi connectivity index (χ0) is 20.4. The largest absolute Gasteiger partial charge is 0.273 e. The molecule has 29 heavy (non-hydrogen) atoms. The van der Waals surface area contributed by atoms with Gasteiger partial charge in [0.2, 0.25) is 5.91 Å². The fourth-order valence-electron chi connectivity index (χ4n) is 3.39. The number of carbonyl (C=O) groups is 2. The van der Waals surface area contributed by atoms with Crippen LogP contribution in [0, 0.1) is 0 Å². The van der Waals surface area contributed by atoms with Crippen LogP contribution in [0.15, 0.2) is 83.8 Å². The van der Waals surface area contributed by atoms with E-state index >= 15 is 0 Å². The van der Waals surface area contributed by atoms with Crippen molar-refractivity contribution in [1.82, 2.24) is 10.4 Å². The minimum atomic E-state index is -1.54. The first-order valence-corrected chi connectivity index (χ1v) is 10.5. The molecule has 1 aliphatic rings. The molecule has 4 rings (SSSR count). The predicted molar refractivity (Wildman–Crippen MR) is 113 cm³/mol. The quantitative estimate of drug-likeness (QED) is 0.659. The van der Waals surface area contributed by atoms with Gasteiger partial charge in [-0.25, -0.2) is 5.01 Å². The lowest BCUT2D eigenvalue weighted by atomic mass is 9.99. The summed E-state index contributed by atoms with van der Waals surface area (Å²) in [5.74, 6) is -0.737. The molecule has 0 aliphatic carbocycles. The highest BCUT2D eigenvalue weighted by Gasteiger charge is 2.34. The number of amides is 2. The van der Waals surface area contributed by atoms with Gasteiger partial charge < -0.3 is 0 Å². The van der Waals surface area contributed by atoms with Crippen LogP contribution in [-0.4, -0.2) is 26.4 Å². The summed E-state index contributed by atoms with van der Waals surface area (Å²) in [7, 11) is -1.54. The number of hydrogen-bond acceptors (Lipinski definition) is 3. The number of rotatable bonds is 5. The van der Waals surface area contributed by atoms with Gasteiger partial charge in [-0.1, -0.05) is 66.7 Å². The van der Waals surface area contributed by atoms with Crippen molar-refractivity contribution in [2.24, 2.45) is 0 Å². The van der Waals surface area contributed by atoms with Crippen LogP contribution in [0.5, 0.6) is 0 Å². The number of hydrazine groups is 1. The SMILES string of the molecule is CC(N1NC(=O)CC1=O)S(=O)c1ccc(-c2ccccc2)cc1-c1ccccc1. The van der Waals surface area contributed by atoms with E-state index in [1.807, 2.05) is 78.9 Å². The molecule has 2 unspecified atom stereocenters. The van der Waals surface area contributed by atoms with Crippen molar-refractivity contribution in [2.45, 2.75) is 23.6 Å². The van der Waals surface area contributed by atoms with Gasteiger partial charge in [0, 0.05) is 4.90 Å². The molecule has 1 saturated heterocycles. The summed E-state index contributed by atoms with van der Waals surface area (Å²) in [6.07, 6.45) is -0.208. The fourth-order valence-corrected chi connectivity index (χ4v) is 4.72.